The van der Waals surface area contributed by atoms with E-state index in [1.54, 1.807) is 18.3 Å². The molecule has 3 heterocycles. The van der Waals surface area contributed by atoms with Crippen molar-refractivity contribution in [2.45, 2.75) is 33.0 Å². The van der Waals surface area contributed by atoms with Crippen molar-refractivity contribution in [3.05, 3.63) is 45.4 Å². The van der Waals surface area contributed by atoms with E-state index in [0.29, 0.717) is 24.6 Å². The molecule has 2 aromatic heterocycles. The van der Waals surface area contributed by atoms with Gasteiger partial charge in [0.1, 0.15) is 23.1 Å². The molecule has 0 radical (unpaired) electrons. The molecule has 0 saturated carbocycles. The molecule has 0 aliphatic carbocycles. The van der Waals surface area contributed by atoms with Crippen molar-refractivity contribution in [2.75, 3.05) is 25.1 Å². The Balaban J connectivity index is 2.30. The van der Waals surface area contributed by atoms with Crippen molar-refractivity contribution in [2.24, 2.45) is 0 Å². The molecule has 8 nitrogen and oxygen atoms in total. The zero-order valence-corrected chi connectivity index (χ0v) is 16.3. The van der Waals surface area contributed by atoms with Crippen molar-refractivity contribution >= 4 is 23.5 Å². The Morgan fingerprint density at radius 1 is 1.39 bits per heavy atom. The molecule has 28 heavy (non-hydrogen) atoms. The van der Waals surface area contributed by atoms with Crippen LogP contribution in [0.3, 0.4) is 0 Å². The van der Waals surface area contributed by atoms with Gasteiger partial charge in [0.25, 0.3) is 5.56 Å². The van der Waals surface area contributed by atoms with E-state index < -0.39 is 5.97 Å². The van der Waals surface area contributed by atoms with E-state index in [2.05, 4.69) is 4.74 Å². The molecule has 0 amide bonds. The summed E-state index contributed by atoms with van der Waals surface area (Å²) in [5.74, 6) is -0.371. The SMILES string of the molecule is COC(=O)C(C#N)=Cc1c(N2CC(C)OC(C)C2)nc2c(C)cccn2c1=O. The predicted molar refractivity (Wildman–Crippen MR) is 104 cm³/mol. The molecule has 2 aromatic rings. The highest BCUT2D eigenvalue weighted by molar-refractivity contribution is 5.98. The fraction of sp³-hybridized carbons (Fsp3) is 0.400. The van der Waals surface area contributed by atoms with Gasteiger partial charge in [-0.2, -0.15) is 5.26 Å². The third-order valence-electron chi connectivity index (χ3n) is 4.60. The van der Waals surface area contributed by atoms with Crippen LogP contribution in [-0.2, 0) is 14.3 Å². The van der Waals surface area contributed by atoms with Crippen LogP contribution in [0.4, 0.5) is 5.82 Å². The largest absolute Gasteiger partial charge is 0.465 e. The molecule has 0 bridgehead atoms. The van der Waals surface area contributed by atoms with Crippen LogP contribution in [0.25, 0.3) is 11.7 Å². The summed E-state index contributed by atoms with van der Waals surface area (Å²) in [4.78, 5) is 31.8. The number of fused-ring (bicyclic) bond motifs is 1. The van der Waals surface area contributed by atoms with E-state index in [-0.39, 0.29) is 28.9 Å². The number of pyridine rings is 1. The molecule has 1 saturated heterocycles. The van der Waals surface area contributed by atoms with Gasteiger partial charge in [-0.3, -0.25) is 9.20 Å². The molecule has 2 unspecified atom stereocenters. The number of rotatable bonds is 3. The van der Waals surface area contributed by atoms with Crippen LogP contribution >= 0.6 is 0 Å². The smallest absolute Gasteiger partial charge is 0.348 e. The first-order valence-electron chi connectivity index (χ1n) is 8.98. The van der Waals surface area contributed by atoms with E-state index in [9.17, 15) is 14.9 Å². The monoisotopic (exact) mass is 382 g/mol. The number of anilines is 1. The molecule has 1 fully saturated rings. The standard InChI is InChI=1S/C20H22N4O4/c1-12-6-5-7-24-17(12)22-18(23-10-13(2)28-14(3)11-23)16(19(24)25)8-15(9-21)20(26)27-4/h5-8,13-14H,10-11H2,1-4H3. The molecule has 8 heteroatoms. The van der Waals surface area contributed by atoms with Crippen LogP contribution in [0.5, 0.6) is 0 Å². The maximum absolute atomic E-state index is 13.2. The summed E-state index contributed by atoms with van der Waals surface area (Å²) in [7, 11) is 1.19. The van der Waals surface area contributed by atoms with Gasteiger partial charge < -0.3 is 14.4 Å². The second-order valence-corrected chi connectivity index (χ2v) is 6.86. The Hall–Kier alpha value is -3.18. The Morgan fingerprint density at radius 3 is 2.68 bits per heavy atom. The molecule has 2 atom stereocenters. The normalized spacial score (nSPS) is 20.1. The number of nitriles is 1. The third-order valence-corrected chi connectivity index (χ3v) is 4.60. The highest BCUT2D eigenvalue weighted by Crippen LogP contribution is 2.24. The van der Waals surface area contributed by atoms with Crippen molar-refractivity contribution in [3.63, 3.8) is 0 Å². The van der Waals surface area contributed by atoms with E-state index in [0.717, 1.165) is 5.56 Å². The Morgan fingerprint density at radius 2 is 2.07 bits per heavy atom. The minimum atomic E-state index is -0.800. The fourth-order valence-corrected chi connectivity index (χ4v) is 3.41. The van der Waals surface area contributed by atoms with Gasteiger partial charge in [0.05, 0.1) is 24.9 Å². The summed E-state index contributed by atoms with van der Waals surface area (Å²) in [6.07, 6.45) is 2.78. The van der Waals surface area contributed by atoms with E-state index in [4.69, 9.17) is 9.72 Å². The van der Waals surface area contributed by atoms with E-state index in [1.807, 2.05) is 31.7 Å². The van der Waals surface area contributed by atoms with Crippen LogP contribution in [-0.4, -0.2) is 47.8 Å². The molecule has 0 N–H and O–H groups in total. The van der Waals surface area contributed by atoms with E-state index >= 15 is 0 Å². The number of ether oxygens (including phenoxy) is 2. The molecule has 0 aromatic carbocycles. The molecule has 0 spiro atoms. The van der Waals surface area contributed by atoms with Crippen LogP contribution < -0.4 is 10.5 Å². The first-order valence-corrected chi connectivity index (χ1v) is 8.98. The second-order valence-electron chi connectivity index (χ2n) is 6.86. The maximum Gasteiger partial charge on any atom is 0.348 e. The number of hydrogen-bond acceptors (Lipinski definition) is 7. The molecule has 146 valence electrons. The lowest BCUT2D eigenvalue weighted by molar-refractivity contribution is -0.135. The lowest BCUT2D eigenvalue weighted by Gasteiger charge is -2.36. The van der Waals surface area contributed by atoms with Crippen molar-refractivity contribution in [1.29, 1.82) is 5.26 Å². The Kier molecular flexibility index (Phi) is 5.47. The highest BCUT2D eigenvalue weighted by Gasteiger charge is 2.27. The summed E-state index contributed by atoms with van der Waals surface area (Å²) >= 11 is 0. The number of hydrogen-bond donors (Lipinski definition) is 0. The zero-order valence-electron chi connectivity index (χ0n) is 16.3. The Labute approximate surface area is 162 Å². The third kappa shape index (κ3) is 3.62. The van der Waals surface area contributed by atoms with Crippen molar-refractivity contribution in [1.82, 2.24) is 9.38 Å². The molecule has 1 aliphatic rings. The number of carbonyl (C=O) groups is 1. The van der Waals surface area contributed by atoms with Gasteiger partial charge in [-0.25, -0.2) is 9.78 Å². The van der Waals surface area contributed by atoms with E-state index in [1.165, 1.54) is 17.6 Å². The quantitative estimate of drug-likeness (QED) is 0.453. The first kappa shape index (κ1) is 19.6. The number of aromatic nitrogens is 2. The average Bonchev–Trinajstić information content (AvgIpc) is 2.66. The number of carbonyl (C=O) groups excluding carboxylic acids is 1. The lowest BCUT2D eigenvalue weighted by atomic mass is 10.1. The minimum Gasteiger partial charge on any atom is -0.465 e. The summed E-state index contributed by atoms with van der Waals surface area (Å²) in [5.41, 5.74) is 0.936. The molecular formula is C20H22N4O4. The molecule has 1 aliphatic heterocycles. The number of esters is 1. The summed E-state index contributed by atoms with van der Waals surface area (Å²) < 4.78 is 11.9. The molecular weight excluding hydrogens is 360 g/mol. The minimum absolute atomic E-state index is 0.0475. The van der Waals surface area contributed by atoms with Crippen LogP contribution in [0, 0.1) is 18.3 Å². The van der Waals surface area contributed by atoms with Gasteiger partial charge in [0.15, 0.2) is 0 Å². The van der Waals surface area contributed by atoms with Crippen molar-refractivity contribution in [3.8, 4) is 6.07 Å². The molecule has 3 rings (SSSR count). The number of methoxy groups -OCH3 is 1. The highest BCUT2D eigenvalue weighted by atomic mass is 16.5. The Bertz CT molecular complexity index is 1040. The second kappa shape index (κ2) is 7.82. The van der Waals surface area contributed by atoms with Crippen LogP contribution in [0.2, 0.25) is 0 Å². The van der Waals surface area contributed by atoms with Gasteiger partial charge >= 0.3 is 5.97 Å². The van der Waals surface area contributed by atoms with Crippen molar-refractivity contribution < 1.29 is 14.3 Å². The maximum atomic E-state index is 13.2. The first-order chi connectivity index (χ1) is 13.3. The zero-order chi connectivity index (χ0) is 20.4. The van der Waals surface area contributed by atoms with Gasteiger partial charge in [0.2, 0.25) is 0 Å². The summed E-state index contributed by atoms with van der Waals surface area (Å²) in [6, 6.07) is 5.43. The van der Waals surface area contributed by atoms with Crippen LogP contribution in [0.15, 0.2) is 28.7 Å². The topological polar surface area (TPSA) is 96.9 Å². The van der Waals surface area contributed by atoms with Gasteiger partial charge in [-0.05, 0) is 38.5 Å². The summed E-state index contributed by atoms with van der Waals surface area (Å²) in [6.45, 7) is 6.86. The lowest BCUT2D eigenvalue weighted by Crippen LogP contribution is -2.46. The van der Waals surface area contributed by atoms with Gasteiger partial charge in [0, 0.05) is 19.3 Å². The number of aryl methyl sites for hydroxylation is 1. The predicted octanol–water partition coefficient (Wildman–Crippen LogP) is 1.70. The van der Waals surface area contributed by atoms with Gasteiger partial charge in [-0.1, -0.05) is 6.07 Å². The average molecular weight is 382 g/mol. The fourth-order valence-electron chi connectivity index (χ4n) is 3.41. The number of nitrogens with zero attached hydrogens (tertiary/aromatic N) is 4. The van der Waals surface area contributed by atoms with Gasteiger partial charge in [-0.15, -0.1) is 0 Å². The summed E-state index contributed by atoms with van der Waals surface area (Å²) in [5, 5.41) is 9.34. The van der Waals surface area contributed by atoms with Crippen LogP contribution in [0.1, 0.15) is 25.0 Å². The number of morpholine rings is 1.